The standard InChI is InChI=1S/C25H30N6/c1-14(2)31-16(4)22(15(3)30-31)24-28-23-20(11-12-27-25(23)29-24)18-9-10-19-17(13-18)7-5-6-8-21(19)26/h9-14,21H,5-8,26H2,1-4H3,(H,27,28,29). The second kappa shape index (κ2) is 7.61. The smallest absolute Gasteiger partial charge is 0.178 e. The van der Waals surface area contributed by atoms with Crippen LogP contribution in [0.15, 0.2) is 30.5 Å². The first-order chi connectivity index (χ1) is 14.9. The van der Waals surface area contributed by atoms with Gasteiger partial charge < -0.3 is 10.7 Å². The van der Waals surface area contributed by atoms with Crippen LogP contribution < -0.4 is 5.73 Å². The lowest BCUT2D eigenvalue weighted by atomic mass is 9.94. The molecule has 0 saturated carbocycles. The summed E-state index contributed by atoms with van der Waals surface area (Å²) in [5.41, 5.74) is 16.2. The average molecular weight is 415 g/mol. The first-order valence-corrected chi connectivity index (χ1v) is 11.2. The minimum absolute atomic E-state index is 0.145. The summed E-state index contributed by atoms with van der Waals surface area (Å²) < 4.78 is 2.06. The number of hydrogen-bond acceptors (Lipinski definition) is 4. The van der Waals surface area contributed by atoms with Crippen molar-refractivity contribution in [3.8, 4) is 22.5 Å². The third kappa shape index (κ3) is 3.35. The molecule has 3 heterocycles. The largest absolute Gasteiger partial charge is 0.336 e. The monoisotopic (exact) mass is 414 g/mol. The summed E-state index contributed by atoms with van der Waals surface area (Å²) >= 11 is 0. The number of rotatable bonds is 3. The van der Waals surface area contributed by atoms with Crippen molar-refractivity contribution < 1.29 is 0 Å². The zero-order chi connectivity index (χ0) is 21.7. The van der Waals surface area contributed by atoms with Gasteiger partial charge in [-0.15, -0.1) is 0 Å². The lowest BCUT2D eigenvalue weighted by Crippen LogP contribution is -2.10. The zero-order valence-corrected chi connectivity index (χ0v) is 18.7. The van der Waals surface area contributed by atoms with Crippen molar-refractivity contribution in [1.82, 2.24) is 24.7 Å². The van der Waals surface area contributed by atoms with Gasteiger partial charge >= 0.3 is 0 Å². The van der Waals surface area contributed by atoms with Gasteiger partial charge in [0.25, 0.3) is 0 Å². The van der Waals surface area contributed by atoms with Gasteiger partial charge in [-0.1, -0.05) is 24.6 Å². The molecule has 1 aliphatic rings. The Morgan fingerprint density at radius 1 is 1.16 bits per heavy atom. The maximum atomic E-state index is 6.41. The van der Waals surface area contributed by atoms with Gasteiger partial charge in [-0.2, -0.15) is 5.10 Å². The summed E-state index contributed by atoms with van der Waals surface area (Å²) in [7, 11) is 0. The fraction of sp³-hybridized carbons (Fsp3) is 0.400. The van der Waals surface area contributed by atoms with Crippen molar-refractivity contribution in [3.05, 3.63) is 53.0 Å². The summed E-state index contributed by atoms with van der Waals surface area (Å²) in [6.07, 6.45) is 6.39. The second-order valence-electron chi connectivity index (χ2n) is 8.99. The van der Waals surface area contributed by atoms with Crippen LogP contribution >= 0.6 is 0 Å². The molecular formula is C25H30N6. The molecule has 0 aliphatic heterocycles. The first-order valence-electron chi connectivity index (χ1n) is 11.2. The zero-order valence-electron chi connectivity index (χ0n) is 18.7. The maximum Gasteiger partial charge on any atom is 0.178 e. The van der Waals surface area contributed by atoms with Crippen LogP contribution in [0.1, 0.15) is 67.7 Å². The molecule has 4 aromatic rings. The summed E-state index contributed by atoms with van der Waals surface area (Å²) in [4.78, 5) is 12.9. The van der Waals surface area contributed by atoms with E-state index >= 15 is 0 Å². The van der Waals surface area contributed by atoms with E-state index in [-0.39, 0.29) is 6.04 Å². The van der Waals surface area contributed by atoms with Gasteiger partial charge in [-0.25, -0.2) is 9.97 Å². The molecule has 0 radical (unpaired) electrons. The van der Waals surface area contributed by atoms with Gasteiger partial charge in [0.15, 0.2) is 5.65 Å². The predicted octanol–water partition coefficient (Wildman–Crippen LogP) is 5.41. The number of benzene rings is 1. The van der Waals surface area contributed by atoms with Crippen molar-refractivity contribution in [1.29, 1.82) is 0 Å². The Kier molecular flexibility index (Phi) is 4.89. The van der Waals surface area contributed by atoms with Crippen LogP contribution in [-0.2, 0) is 6.42 Å². The molecule has 0 fully saturated rings. The molecule has 1 atom stereocenters. The van der Waals surface area contributed by atoms with E-state index in [1.54, 1.807) is 0 Å². The van der Waals surface area contributed by atoms with E-state index in [0.717, 1.165) is 52.3 Å². The Morgan fingerprint density at radius 2 is 2.00 bits per heavy atom. The normalized spacial score (nSPS) is 16.6. The molecule has 160 valence electrons. The van der Waals surface area contributed by atoms with Crippen molar-refractivity contribution >= 4 is 11.2 Å². The van der Waals surface area contributed by atoms with E-state index in [1.807, 2.05) is 13.1 Å². The maximum absolute atomic E-state index is 6.41. The second-order valence-corrected chi connectivity index (χ2v) is 8.99. The number of hydrogen-bond donors (Lipinski definition) is 2. The number of pyridine rings is 1. The van der Waals surface area contributed by atoms with Crippen LogP contribution in [0, 0.1) is 13.8 Å². The molecule has 3 aromatic heterocycles. The van der Waals surface area contributed by atoms with E-state index in [0.29, 0.717) is 6.04 Å². The van der Waals surface area contributed by atoms with E-state index < -0.39 is 0 Å². The average Bonchev–Trinajstić information content (AvgIpc) is 3.24. The number of nitrogens with one attached hydrogen (secondary N) is 1. The topological polar surface area (TPSA) is 85.4 Å². The van der Waals surface area contributed by atoms with E-state index in [4.69, 9.17) is 15.8 Å². The first kappa shape index (κ1) is 19.9. The highest BCUT2D eigenvalue weighted by Gasteiger charge is 2.21. The highest BCUT2D eigenvalue weighted by Crippen LogP contribution is 2.34. The van der Waals surface area contributed by atoms with Crippen LogP contribution in [-0.4, -0.2) is 24.7 Å². The highest BCUT2D eigenvalue weighted by molar-refractivity contribution is 5.91. The van der Waals surface area contributed by atoms with Crippen molar-refractivity contribution in [2.24, 2.45) is 5.73 Å². The molecule has 3 N–H and O–H groups in total. The molecule has 5 rings (SSSR count). The van der Waals surface area contributed by atoms with Gasteiger partial charge in [0.2, 0.25) is 0 Å². The molecule has 6 heteroatoms. The highest BCUT2D eigenvalue weighted by atomic mass is 15.3. The van der Waals surface area contributed by atoms with Crippen LogP contribution in [0.3, 0.4) is 0 Å². The lowest BCUT2D eigenvalue weighted by Gasteiger charge is -2.14. The number of aromatic amines is 1. The molecule has 0 saturated heterocycles. The molecular weight excluding hydrogens is 384 g/mol. The SMILES string of the molecule is Cc1nn(C(C)C)c(C)c1-c1nc2nccc(-c3ccc4c(c3)CCCCC4N)c2[nH]1. The summed E-state index contributed by atoms with van der Waals surface area (Å²) in [6.45, 7) is 8.43. The number of nitrogens with two attached hydrogens (primary N) is 1. The van der Waals surface area contributed by atoms with E-state index in [2.05, 4.69) is 59.7 Å². The Balaban J connectivity index is 1.63. The van der Waals surface area contributed by atoms with Crippen LogP contribution in [0.2, 0.25) is 0 Å². The number of fused-ring (bicyclic) bond motifs is 2. The minimum atomic E-state index is 0.145. The Bertz CT molecular complexity index is 1260. The quantitative estimate of drug-likeness (QED) is 0.439. The summed E-state index contributed by atoms with van der Waals surface area (Å²) in [6, 6.07) is 9.23. The Hall–Kier alpha value is -2.99. The lowest BCUT2D eigenvalue weighted by molar-refractivity contribution is 0.516. The minimum Gasteiger partial charge on any atom is -0.336 e. The van der Waals surface area contributed by atoms with Gasteiger partial charge in [-0.05, 0) is 69.7 Å². The summed E-state index contributed by atoms with van der Waals surface area (Å²) in [5.74, 6) is 0.827. The fourth-order valence-corrected chi connectivity index (χ4v) is 4.97. The van der Waals surface area contributed by atoms with Crippen molar-refractivity contribution in [2.45, 2.75) is 65.5 Å². The van der Waals surface area contributed by atoms with Gasteiger partial charge in [0.1, 0.15) is 5.82 Å². The van der Waals surface area contributed by atoms with Gasteiger partial charge in [0.05, 0.1) is 16.8 Å². The van der Waals surface area contributed by atoms with E-state index in [1.165, 1.54) is 29.5 Å². The number of H-pyrrole nitrogens is 1. The van der Waals surface area contributed by atoms with Crippen LogP contribution in [0.5, 0.6) is 0 Å². The van der Waals surface area contributed by atoms with Crippen molar-refractivity contribution in [2.75, 3.05) is 0 Å². The van der Waals surface area contributed by atoms with E-state index in [9.17, 15) is 0 Å². The third-order valence-corrected chi connectivity index (χ3v) is 6.51. The molecule has 0 bridgehead atoms. The van der Waals surface area contributed by atoms with Crippen LogP contribution in [0.25, 0.3) is 33.7 Å². The fourth-order valence-electron chi connectivity index (χ4n) is 4.97. The Morgan fingerprint density at radius 3 is 2.77 bits per heavy atom. The number of aryl methyl sites for hydroxylation is 2. The number of imidazole rings is 1. The molecule has 0 amide bonds. The van der Waals surface area contributed by atoms with Gasteiger partial charge in [-0.3, -0.25) is 4.68 Å². The summed E-state index contributed by atoms with van der Waals surface area (Å²) in [5, 5.41) is 4.73. The van der Waals surface area contributed by atoms with Crippen molar-refractivity contribution in [3.63, 3.8) is 0 Å². The number of aromatic nitrogens is 5. The molecule has 1 unspecified atom stereocenters. The van der Waals surface area contributed by atoms with Gasteiger partial charge in [0, 0.05) is 29.5 Å². The number of nitrogens with zero attached hydrogens (tertiary/aromatic N) is 4. The molecule has 31 heavy (non-hydrogen) atoms. The molecule has 6 nitrogen and oxygen atoms in total. The molecule has 1 aliphatic carbocycles. The predicted molar refractivity (Wildman–Crippen MR) is 125 cm³/mol. The Labute approximate surface area is 182 Å². The molecule has 1 aromatic carbocycles. The van der Waals surface area contributed by atoms with Crippen LogP contribution in [0.4, 0.5) is 0 Å². The third-order valence-electron chi connectivity index (χ3n) is 6.51. The molecule has 0 spiro atoms.